The maximum atomic E-state index is 12.8. The first-order chi connectivity index (χ1) is 13.6. The van der Waals surface area contributed by atoms with Crippen molar-refractivity contribution in [2.75, 3.05) is 7.11 Å². The highest BCUT2D eigenvalue weighted by atomic mass is 16.6. The van der Waals surface area contributed by atoms with Crippen LogP contribution in [0.2, 0.25) is 0 Å². The van der Waals surface area contributed by atoms with Gasteiger partial charge in [0, 0.05) is 24.6 Å². The molecule has 0 fully saturated rings. The number of nitrogens with zero attached hydrogens (tertiary/aromatic N) is 3. The summed E-state index contributed by atoms with van der Waals surface area (Å²) >= 11 is 0. The maximum Gasteiger partial charge on any atom is 0.346 e. The molecule has 0 N–H and O–H groups in total. The van der Waals surface area contributed by atoms with E-state index in [0.717, 1.165) is 13.2 Å². The van der Waals surface area contributed by atoms with Crippen LogP contribution in [0.5, 0.6) is 0 Å². The first-order valence-electron chi connectivity index (χ1n) is 8.38. The van der Waals surface area contributed by atoms with Gasteiger partial charge in [0.05, 0.1) is 18.1 Å². The van der Waals surface area contributed by atoms with E-state index in [9.17, 15) is 30.2 Å². The van der Waals surface area contributed by atoms with Crippen molar-refractivity contribution in [2.24, 2.45) is 0 Å². The van der Waals surface area contributed by atoms with Gasteiger partial charge in [0.1, 0.15) is 5.56 Å². The van der Waals surface area contributed by atoms with Crippen LogP contribution in [0.25, 0.3) is 11.1 Å². The number of benzene rings is 1. The van der Waals surface area contributed by atoms with E-state index in [1.807, 2.05) is 0 Å². The molecule has 0 spiro atoms. The lowest BCUT2D eigenvalue weighted by Gasteiger charge is -2.18. The summed E-state index contributed by atoms with van der Waals surface area (Å²) in [6.07, 6.45) is -0.544. The van der Waals surface area contributed by atoms with Gasteiger partial charge in [0.15, 0.2) is 11.6 Å². The van der Waals surface area contributed by atoms with Gasteiger partial charge in [-0.2, -0.15) is 9.99 Å². The van der Waals surface area contributed by atoms with E-state index in [-0.39, 0.29) is 32.8 Å². The second-order valence-corrected chi connectivity index (χ2v) is 6.22. The Bertz CT molecular complexity index is 1050. The van der Waals surface area contributed by atoms with Crippen molar-refractivity contribution in [1.29, 1.82) is 5.26 Å². The molecule has 0 saturated carbocycles. The molecule has 0 saturated heterocycles. The van der Waals surface area contributed by atoms with Gasteiger partial charge in [0.25, 0.3) is 5.69 Å². The highest BCUT2D eigenvalue weighted by Crippen LogP contribution is 2.33. The minimum atomic E-state index is -1.05. The summed E-state index contributed by atoms with van der Waals surface area (Å²) in [7, 11) is 1.04. The van der Waals surface area contributed by atoms with E-state index < -0.39 is 34.2 Å². The Morgan fingerprint density at radius 3 is 2.41 bits per heavy atom. The number of nitro benzene ring substituents is 1. The van der Waals surface area contributed by atoms with E-state index in [1.165, 1.54) is 25.1 Å². The summed E-state index contributed by atoms with van der Waals surface area (Å²) in [6, 6.07) is 6.76. The average Bonchev–Trinajstić information content (AvgIpc) is 2.68. The van der Waals surface area contributed by atoms with E-state index >= 15 is 0 Å². The van der Waals surface area contributed by atoms with Crippen molar-refractivity contribution in [3.05, 3.63) is 62.1 Å². The van der Waals surface area contributed by atoms with Crippen LogP contribution in [-0.2, 0) is 9.47 Å². The Hall–Kier alpha value is -4.00. The normalized spacial score (nSPS) is 10.3. The molecule has 0 unspecified atom stereocenters. The van der Waals surface area contributed by atoms with Crippen LogP contribution in [0, 0.1) is 33.6 Å². The molecule has 0 bridgehead atoms. The van der Waals surface area contributed by atoms with Gasteiger partial charge in [-0.25, -0.2) is 9.59 Å². The standard InChI is InChI=1S/C19H17N3O7/c1-10(2)29-19(24)15-11(3)21(25)14(9-20)17(18(23)28-4)16(15)12-6-5-7-13(8-12)22(26)27/h5-8,10H,1-4H3. The van der Waals surface area contributed by atoms with Crippen molar-refractivity contribution < 1.29 is 28.7 Å². The van der Waals surface area contributed by atoms with Crippen molar-refractivity contribution >= 4 is 17.6 Å². The van der Waals surface area contributed by atoms with Crippen LogP contribution >= 0.6 is 0 Å². The molecule has 1 heterocycles. The lowest BCUT2D eigenvalue weighted by molar-refractivity contribution is -0.615. The van der Waals surface area contributed by atoms with Gasteiger partial charge >= 0.3 is 17.6 Å². The summed E-state index contributed by atoms with van der Waals surface area (Å²) in [6.45, 7) is 4.47. The molecular weight excluding hydrogens is 382 g/mol. The van der Waals surface area contributed by atoms with E-state index in [1.54, 1.807) is 19.9 Å². The average molecular weight is 399 g/mol. The third-order valence-electron chi connectivity index (χ3n) is 3.99. The van der Waals surface area contributed by atoms with E-state index in [4.69, 9.17) is 9.47 Å². The lowest BCUT2D eigenvalue weighted by Crippen LogP contribution is -2.39. The molecule has 0 aliphatic rings. The number of rotatable bonds is 5. The number of hydrogen-bond acceptors (Lipinski definition) is 8. The summed E-state index contributed by atoms with van der Waals surface area (Å²) in [5, 5.41) is 33.2. The van der Waals surface area contributed by atoms with Crippen molar-refractivity contribution in [1.82, 2.24) is 0 Å². The molecule has 0 aliphatic carbocycles. The number of nitro groups is 1. The first-order valence-corrected chi connectivity index (χ1v) is 8.38. The van der Waals surface area contributed by atoms with Crippen molar-refractivity contribution in [2.45, 2.75) is 26.9 Å². The number of nitriles is 1. The SMILES string of the molecule is COC(=O)c1c(-c2cccc([N+](=O)[O-])c2)c(C(=O)OC(C)C)c(C)[n+]([O-])c1C#N. The number of pyridine rings is 1. The van der Waals surface area contributed by atoms with E-state index in [0.29, 0.717) is 0 Å². The highest BCUT2D eigenvalue weighted by molar-refractivity contribution is 6.07. The molecule has 10 heteroatoms. The minimum absolute atomic E-state index is 0.0792. The Labute approximate surface area is 165 Å². The largest absolute Gasteiger partial charge is 0.618 e. The monoisotopic (exact) mass is 399 g/mol. The summed E-state index contributed by atoms with van der Waals surface area (Å²) in [5.41, 5.74) is -1.93. The molecule has 0 amide bonds. The zero-order valence-corrected chi connectivity index (χ0v) is 16.1. The van der Waals surface area contributed by atoms with Gasteiger partial charge < -0.3 is 14.7 Å². The Kier molecular flexibility index (Phi) is 6.13. The third kappa shape index (κ3) is 3.98. The van der Waals surface area contributed by atoms with Gasteiger partial charge in [-0.15, -0.1) is 0 Å². The fraction of sp³-hybridized carbons (Fsp3) is 0.263. The third-order valence-corrected chi connectivity index (χ3v) is 3.99. The molecular formula is C19H17N3O7. The summed E-state index contributed by atoms with van der Waals surface area (Å²) in [5.74, 6) is -1.97. The number of non-ortho nitro benzene ring substituents is 1. The van der Waals surface area contributed by atoms with Gasteiger partial charge in [-0.05, 0) is 19.4 Å². The molecule has 0 radical (unpaired) electrons. The zero-order valence-electron chi connectivity index (χ0n) is 16.1. The molecule has 10 nitrogen and oxygen atoms in total. The molecule has 1 aromatic heterocycles. The predicted octanol–water partition coefficient (Wildman–Crippen LogP) is 2.43. The number of esters is 2. The minimum Gasteiger partial charge on any atom is -0.618 e. The van der Waals surface area contributed by atoms with Crippen LogP contribution in [0.3, 0.4) is 0 Å². The highest BCUT2D eigenvalue weighted by Gasteiger charge is 2.35. The predicted molar refractivity (Wildman–Crippen MR) is 98.8 cm³/mol. The number of aromatic nitrogens is 1. The van der Waals surface area contributed by atoms with Crippen LogP contribution in [0.15, 0.2) is 24.3 Å². The Balaban J connectivity index is 3.05. The smallest absolute Gasteiger partial charge is 0.346 e. The number of methoxy groups -OCH3 is 1. The van der Waals surface area contributed by atoms with Crippen LogP contribution in [0.4, 0.5) is 5.69 Å². The van der Waals surface area contributed by atoms with Crippen molar-refractivity contribution in [3.8, 4) is 17.2 Å². The molecule has 2 aromatic rings. The van der Waals surface area contributed by atoms with Gasteiger partial charge in [0.2, 0.25) is 5.69 Å². The van der Waals surface area contributed by atoms with Gasteiger partial charge in [-0.1, -0.05) is 12.1 Å². The quantitative estimate of drug-likeness (QED) is 0.245. The Morgan fingerprint density at radius 2 is 1.90 bits per heavy atom. The molecule has 0 aliphatic heterocycles. The van der Waals surface area contributed by atoms with Crippen molar-refractivity contribution in [3.63, 3.8) is 0 Å². The first kappa shape index (κ1) is 21.3. The van der Waals surface area contributed by atoms with E-state index in [2.05, 4.69) is 0 Å². The number of ether oxygens (including phenoxy) is 2. The molecule has 1 aromatic carbocycles. The molecule has 2 rings (SSSR count). The fourth-order valence-corrected chi connectivity index (χ4v) is 2.78. The number of hydrogen-bond donors (Lipinski definition) is 0. The maximum absolute atomic E-state index is 12.8. The second-order valence-electron chi connectivity index (χ2n) is 6.22. The number of carbonyl (C=O) groups is 2. The molecule has 0 atom stereocenters. The lowest BCUT2D eigenvalue weighted by atomic mass is 9.92. The van der Waals surface area contributed by atoms with Crippen LogP contribution < -0.4 is 4.73 Å². The second kappa shape index (κ2) is 8.35. The van der Waals surface area contributed by atoms with Gasteiger partial charge in [-0.3, -0.25) is 10.1 Å². The van der Waals surface area contributed by atoms with Crippen LogP contribution in [-0.4, -0.2) is 30.1 Å². The topological polar surface area (TPSA) is 146 Å². The molecule has 29 heavy (non-hydrogen) atoms. The Morgan fingerprint density at radius 1 is 1.24 bits per heavy atom. The number of carbonyl (C=O) groups excluding carboxylic acids is 2. The zero-order chi connectivity index (χ0) is 21.9. The molecule has 150 valence electrons. The fourth-order valence-electron chi connectivity index (χ4n) is 2.78. The van der Waals surface area contributed by atoms with Crippen LogP contribution in [0.1, 0.15) is 46.0 Å². The summed E-state index contributed by atoms with van der Waals surface area (Å²) < 4.78 is 10.0. The summed E-state index contributed by atoms with van der Waals surface area (Å²) in [4.78, 5) is 35.7.